The van der Waals surface area contributed by atoms with E-state index in [0.717, 1.165) is 5.56 Å². The van der Waals surface area contributed by atoms with E-state index in [9.17, 15) is 4.79 Å². The van der Waals surface area contributed by atoms with E-state index in [1.165, 1.54) is 0 Å². The van der Waals surface area contributed by atoms with E-state index in [2.05, 4.69) is 10.5 Å². The number of hydrogen-bond acceptors (Lipinski definition) is 3. The van der Waals surface area contributed by atoms with Crippen LogP contribution in [-0.2, 0) is 0 Å². The summed E-state index contributed by atoms with van der Waals surface area (Å²) in [5.41, 5.74) is 1.95. The zero-order valence-electron chi connectivity index (χ0n) is 10.3. The van der Waals surface area contributed by atoms with Gasteiger partial charge in [0.25, 0.3) is 0 Å². The Labute approximate surface area is 101 Å². The largest absolute Gasteiger partial charge is 0.411 e. The van der Waals surface area contributed by atoms with E-state index in [-0.39, 0.29) is 6.03 Å². The van der Waals surface area contributed by atoms with Gasteiger partial charge in [-0.25, -0.2) is 4.79 Å². The van der Waals surface area contributed by atoms with Gasteiger partial charge in [0.05, 0.1) is 5.71 Å². The third kappa shape index (κ3) is 3.48. The summed E-state index contributed by atoms with van der Waals surface area (Å²) in [4.78, 5) is 13.2. The van der Waals surface area contributed by atoms with Gasteiger partial charge in [-0.15, -0.1) is 0 Å². The van der Waals surface area contributed by atoms with E-state index >= 15 is 0 Å². The highest BCUT2D eigenvalue weighted by atomic mass is 16.4. The van der Waals surface area contributed by atoms with Gasteiger partial charge in [-0.05, 0) is 26.0 Å². The lowest BCUT2D eigenvalue weighted by molar-refractivity contribution is 0.224. The van der Waals surface area contributed by atoms with Gasteiger partial charge >= 0.3 is 6.03 Å². The summed E-state index contributed by atoms with van der Waals surface area (Å²) in [5.74, 6) is 0. The quantitative estimate of drug-likeness (QED) is 0.480. The van der Waals surface area contributed by atoms with Crippen molar-refractivity contribution in [1.82, 2.24) is 4.90 Å². The predicted molar refractivity (Wildman–Crippen MR) is 67.8 cm³/mol. The molecule has 2 amide bonds. The molecule has 0 heterocycles. The van der Waals surface area contributed by atoms with Crippen LogP contribution in [0.5, 0.6) is 0 Å². The molecule has 0 saturated heterocycles. The van der Waals surface area contributed by atoms with Crippen LogP contribution in [0.2, 0.25) is 0 Å². The Balaban J connectivity index is 2.83. The Kier molecular flexibility index (Phi) is 4.51. The Morgan fingerprint density at radius 2 is 2.24 bits per heavy atom. The molecule has 1 rings (SSSR count). The van der Waals surface area contributed by atoms with Gasteiger partial charge < -0.3 is 15.4 Å². The van der Waals surface area contributed by atoms with Crippen LogP contribution >= 0.6 is 0 Å². The Bertz CT molecular complexity index is 430. The lowest BCUT2D eigenvalue weighted by atomic mass is 10.1. The molecule has 0 aromatic heterocycles. The molecule has 0 aliphatic heterocycles. The molecule has 0 aliphatic carbocycles. The average molecular weight is 235 g/mol. The molecule has 17 heavy (non-hydrogen) atoms. The van der Waals surface area contributed by atoms with Crippen LogP contribution in [0.15, 0.2) is 29.4 Å². The third-order valence-electron chi connectivity index (χ3n) is 2.50. The summed E-state index contributed by atoms with van der Waals surface area (Å²) in [6.07, 6.45) is 0. The second kappa shape index (κ2) is 5.89. The fraction of sp³-hybridized carbons (Fsp3) is 0.333. The second-order valence-electron chi connectivity index (χ2n) is 3.71. The van der Waals surface area contributed by atoms with E-state index in [1.807, 2.05) is 13.0 Å². The van der Waals surface area contributed by atoms with E-state index in [1.54, 1.807) is 37.1 Å². The Morgan fingerprint density at radius 3 is 2.82 bits per heavy atom. The number of nitrogens with one attached hydrogen (secondary N) is 1. The number of carbonyl (C=O) groups excluding carboxylic acids is 1. The monoisotopic (exact) mass is 235 g/mol. The van der Waals surface area contributed by atoms with Gasteiger partial charge in [-0.2, -0.15) is 0 Å². The number of rotatable bonds is 3. The van der Waals surface area contributed by atoms with Crippen molar-refractivity contribution in [2.24, 2.45) is 5.16 Å². The molecular formula is C12H17N3O2. The molecule has 2 N–H and O–H groups in total. The minimum Gasteiger partial charge on any atom is -0.411 e. The maximum absolute atomic E-state index is 11.6. The second-order valence-corrected chi connectivity index (χ2v) is 3.71. The van der Waals surface area contributed by atoms with Crippen molar-refractivity contribution in [3.8, 4) is 0 Å². The minimum atomic E-state index is -0.164. The van der Waals surface area contributed by atoms with Crippen LogP contribution in [0.25, 0.3) is 0 Å². The highest BCUT2D eigenvalue weighted by Crippen LogP contribution is 2.12. The Morgan fingerprint density at radius 1 is 1.53 bits per heavy atom. The molecule has 92 valence electrons. The van der Waals surface area contributed by atoms with Crippen LogP contribution in [-0.4, -0.2) is 35.4 Å². The van der Waals surface area contributed by atoms with Crippen molar-refractivity contribution < 1.29 is 10.0 Å². The highest BCUT2D eigenvalue weighted by molar-refractivity contribution is 6.00. The van der Waals surface area contributed by atoms with Gasteiger partial charge in [0.1, 0.15) is 0 Å². The van der Waals surface area contributed by atoms with Crippen LogP contribution in [0, 0.1) is 0 Å². The lowest BCUT2D eigenvalue weighted by Gasteiger charge is -2.15. The smallest absolute Gasteiger partial charge is 0.321 e. The van der Waals surface area contributed by atoms with E-state index in [4.69, 9.17) is 5.21 Å². The predicted octanol–water partition coefficient (Wildman–Crippen LogP) is 2.37. The Hall–Kier alpha value is -2.04. The van der Waals surface area contributed by atoms with E-state index < -0.39 is 0 Å². The van der Waals surface area contributed by atoms with Gasteiger partial charge in [0, 0.05) is 24.8 Å². The molecule has 0 spiro atoms. The van der Waals surface area contributed by atoms with Gasteiger partial charge in [-0.3, -0.25) is 0 Å². The van der Waals surface area contributed by atoms with Crippen molar-refractivity contribution in [3.05, 3.63) is 29.8 Å². The molecule has 0 unspecified atom stereocenters. The molecule has 0 atom stereocenters. The summed E-state index contributed by atoms with van der Waals surface area (Å²) >= 11 is 0. The van der Waals surface area contributed by atoms with Gasteiger partial charge in [0.2, 0.25) is 0 Å². The first-order valence-electron chi connectivity index (χ1n) is 5.39. The number of benzene rings is 1. The summed E-state index contributed by atoms with van der Waals surface area (Å²) in [7, 11) is 1.72. The first-order chi connectivity index (χ1) is 8.08. The summed E-state index contributed by atoms with van der Waals surface area (Å²) in [5, 5.41) is 14.6. The molecule has 1 aromatic carbocycles. The fourth-order valence-corrected chi connectivity index (χ4v) is 1.24. The van der Waals surface area contributed by atoms with Crippen LogP contribution in [0.4, 0.5) is 10.5 Å². The average Bonchev–Trinajstić information content (AvgIpc) is 2.37. The maximum atomic E-state index is 11.6. The maximum Gasteiger partial charge on any atom is 0.321 e. The van der Waals surface area contributed by atoms with Crippen LogP contribution in [0.3, 0.4) is 0 Å². The number of carbonyl (C=O) groups is 1. The number of urea groups is 1. The normalized spacial score (nSPS) is 11.1. The first-order valence-corrected chi connectivity index (χ1v) is 5.39. The molecule has 5 heteroatoms. The van der Waals surface area contributed by atoms with Gasteiger partial charge in [-0.1, -0.05) is 17.3 Å². The van der Waals surface area contributed by atoms with Crippen molar-refractivity contribution in [1.29, 1.82) is 0 Å². The molecule has 0 radical (unpaired) electrons. The first kappa shape index (κ1) is 13.0. The molecule has 0 aliphatic rings. The molecule has 1 aromatic rings. The summed E-state index contributed by atoms with van der Waals surface area (Å²) in [6, 6.07) is 6.99. The van der Waals surface area contributed by atoms with Crippen molar-refractivity contribution >= 4 is 17.4 Å². The summed E-state index contributed by atoms with van der Waals surface area (Å²) in [6.45, 7) is 4.24. The van der Waals surface area contributed by atoms with Crippen molar-refractivity contribution in [2.75, 3.05) is 18.9 Å². The van der Waals surface area contributed by atoms with E-state index in [0.29, 0.717) is 17.9 Å². The van der Waals surface area contributed by atoms with Crippen LogP contribution < -0.4 is 5.32 Å². The molecule has 0 bridgehead atoms. The molecule has 0 saturated carbocycles. The molecule has 0 fully saturated rings. The van der Waals surface area contributed by atoms with Crippen LogP contribution in [0.1, 0.15) is 19.4 Å². The van der Waals surface area contributed by atoms with Crippen molar-refractivity contribution in [3.63, 3.8) is 0 Å². The summed E-state index contributed by atoms with van der Waals surface area (Å²) < 4.78 is 0. The zero-order valence-corrected chi connectivity index (χ0v) is 10.3. The number of anilines is 1. The third-order valence-corrected chi connectivity index (χ3v) is 2.50. The molecule has 5 nitrogen and oxygen atoms in total. The minimum absolute atomic E-state index is 0.164. The SMILES string of the molecule is CCN(C)C(=O)Nc1cccc(C(C)=NO)c1. The topological polar surface area (TPSA) is 64.9 Å². The molecular weight excluding hydrogens is 218 g/mol. The van der Waals surface area contributed by atoms with Gasteiger partial charge in [0.15, 0.2) is 0 Å². The number of amides is 2. The fourth-order valence-electron chi connectivity index (χ4n) is 1.24. The zero-order chi connectivity index (χ0) is 12.8. The number of nitrogens with zero attached hydrogens (tertiary/aromatic N) is 2. The van der Waals surface area contributed by atoms with Crippen molar-refractivity contribution in [2.45, 2.75) is 13.8 Å². The number of oxime groups is 1. The standard InChI is InChI=1S/C12H17N3O2/c1-4-15(3)12(16)13-11-7-5-6-10(8-11)9(2)14-17/h5-8,17H,4H2,1-3H3,(H,13,16). The number of hydrogen-bond donors (Lipinski definition) is 2. The highest BCUT2D eigenvalue weighted by Gasteiger charge is 2.07. The lowest BCUT2D eigenvalue weighted by Crippen LogP contribution is -2.30.